The molecule has 0 unspecified atom stereocenters. The van der Waals surface area contributed by atoms with E-state index in [1.54, 1.807) is 12.3 Å². The molecule has 0 bridgehead atoms. The molecule has 1 N–H and O–H groups in total. The summed E-state index contributed by atoms with van der Waals surface area (Å²) in [6, 6.07) is 3.91. The van der Waals surface area contributed by atoms with Crippen LogP contribution < -0.4 is 5.32 Å². The Morgan fingerprint density at radius 2 is 2.33 bits per heavy atom. The summed E-state index contributed by atoms with van der Waals surface area (Å²) >= 11 is 10.2. The summed E-state index contributed by atoms with van der Waals surface area (Å²) in [4.78, 5) is 4.75. The molecule has 0 aliphatic rings. The minimum absolute atomic E-state index is 0.447. The number of rotatable bonds is 3. The molecular weight excluding hydrogens is 230 g/mol. The molecule has 0 saturated heterocycles. The molecule has 0 aliphatic carbocycles. The Balaban J connectivity index is 2.75. The molecule has 0 saturated carbocycles. The van der Waals surface area contributed by atoms with Crippen LogP contribution in [-0.2, 0) is 0 Å². The van der Waals surface area contributed by atoms with E-state index >= 15 is 0 Å². The van der Waals surface area contributed by atoms with Gasteiger partial charge in [0.2, 0.25) is 0 Å². The third-order valence-electron chi connectivity index (χ3n) is 1.87. The first kappa shape index (κ1) is 12.2. The molecule has 0 atom stereocenters. The summed E-state index contributed by atoms with van der Waals surface area (Å²) < 4.78 is 0. The van der Waals surface area contributed by atoms with Crippen LogP contribution in [0.4, 0.5) is 5.82 Å². The van der Waals surface area contributed by atoms with Gasteiger partial charge in [0.1, 0.15) is 5.82 Å². The van der Waals surface area contributed by atoms with Crippen LogP contribution in [0.15, 0.2) is 17.2 Å². The zero-order valence-corrected chi connectivity index (χ0v) is 10.2. The minimum Gasteiger partial charge on any atom is -0.367 e. The standard InChI is InChI=1S/C10H12ClN3S/c1-10(2,5-12)6-14-9-8(11)7(15)3-4-13-9/h3-4H,6H2,1-2H3,(H2,13,14,15). The van der Waals surface area contributed by atoms with Crippen molar-refractivity contribution in [3.63, 3.8) is 0 Å². The molecule has 0 fully saturated rings. The summed E-state index contributed by atoms with van der Waals surface area (Å²) in [7, 11) is 0. The van der Waals surface area contributed by atoms with E-state index in [1.807, 2.05) is 13.8 Å². The van der Waals surface area contributed by atoms with E-state index in [2.05, 4.69) is 29.0 Å². The van der Waals surface area contributed by atoms with Crippen molar-refractivity contribution in [3.8, 4) is 6.07 Å². The number of pyridine rings is 1. The largest absolute Gasteiger partial charge is 0.367 e. The Morgan fingerprint density at radius 3 is 2.93 bits per heavy atom. The quantitative estimate of drug-likeness (QED) is 0.800. The average Bonchev–Trinajstić information content (AvgIpc) is 2.20. The fourth-order valence-electron chi connectivity index (χ4n) is 0.901. The summed E-state index contributed by atoms with van der Waals surface area (Å²) in [6.45, 7) is 4.18. The molecule has 1 heterocycles. The highest BCUT2D eigenvalue weighted by molar-refractivity contribution is 7.80. The van der Waals surface area contributed by atoms with Crippen LogP contribution in [0.3, 0.4) is 0 Å². The second kappa shape index (κ2) is 4.73. The topological polar surface area (TPSA) is 48.7 Å². The second-order valence-corrected chi connectivity index (χ2v) is 4.70. The SMILES string of the molecule is CC(C)(C#N)CNc1nccc(S)c1Cl. The average molecular weight is 242 g/mol. The Hall–Kier alpha value is -0.920. The van der Waals surface area contributed by atoms with E-state index in [4.69, 9.17) is 16.9 Å². The van der Waals surface area contributed by atoms with Crippen molar-refractivity contribution in [3.05, 3.63) is 17.3 Å². The van der Waals surface area contributed by atoms with Crippen LogP contribution in [0.25, 0.3) is 0 Å². The summed E-state index contributed by atoms with van der Waals surface area (Å²) in [5.41, 5.74) is -0.447. The number of anilines is 1. The molecule has 0 amide bonds. The zero-order chi connectivity index (χ0) is 11.5. The molecular formula is C10H12ClN3S. The van der Waals surface area contributed by atoms with E-state index in [1.165, 1.54) is 0 Å². The molecule has 0 aliphatic heterocycles. The molecule has 1 aromatic rings. The fourth-order valence-corrected chi connectivity index (χ4v) is 1.25. The smallest absolute Gasteiger partial charge is 0.145 e. The van der Waals surface area contributed by atoms with Crippen LogP contribution in [0, 0.1) is 16.7 Å². The normalized spacial score (nSPS) is 10.9. The van der Waals surface area contributed by atoms with Crippen molar-refractivity contribution >= 4 is 30.0 Å². The van der Waals surface area contributed by atoms with Gasteiger partial charge in [-0.2, -0.15) is 5.26 Å². The third-order valence-corrected chi connectivity index (χ3v) is 2.76. The Labute approximate surface area is 99.9 Å². The van der Waals surface area contributed by atoms with Gasteiger partial charge in [0.25, 0.3) is 0 Å². The Morgan fingerprint density at radius 1 is 1.67 bits per heavy atom. The maximum Gasteiger partial charge on any atom is 0.145 e. The van der Waals surface area contributed by atoms with Crippen molar-refractivity contribution in [2.45, 2.75) is 18.7 Å². The van der Waals surface area contributed by atoms with Gasteiger partial charge in [-0.15, -0.1) is 12.6 Å². The van der Waals surface area contributed by atoms with Crippen molar-refractivity contribution in [2.24, 2.45) is 5.41 Å². The summed E-state index contributed by atoms with van der Waals surface area (Å²) in [5.74, 6) is 0.562. The molecule has 80 valence electrons. The lowest BCUT2D eigenvalue weighted by atomic mass is 9.96. The number of hydrogen-bond donors (Lipinski definition) is 2. The number of aromatic nitrogens is 1. The van der Waals surface area contributed by atoms with E-state index < -0.39 is 5.41 Å². The van der Waals surface area contributed by atoms with Gasteiger partial charge in [-0.3, -0.25) is 0 Å². The molecule has 1 rings (SSSR count). The van der Waals surface area contributed by atoms with Gasteiger partial charge in [0, 0.05) is 17.6 Å². The molecule has 15 heavy (non-hydrogen) atoms. The minimum atomic E-state index is -0.447. The Kier molecular flexibility index (Phi) is 3.83. The number of thiol groups is 1. The number of hydrogen-bond acceptors (Lipinski definition) is 4. The van der Waals surface area contributed by atoms with Gasteiger partial charge >= 0.3 is 0 Å². The number of halogens is 1. The first-order valence-corrected chi connectivity index (χ1v) is 5.27. The lowest BCUT2D eigenvalue weighted by Crippen LogP contribution is -2.21. The first-order valence-electron chi connectivity index (χ1n) is 4.45. The molecule has 3 nitrogen and oxygen atoms in total. The highest BCUT2D eigenvalue weighted by atomic mass is 35.5. The summed E-state index contributed by atoms with van der Waals surface area (Å²) in [6.07, 6.45) is 1.62. The van der Waals surface area contributed by atoms with Crippen molar-refractivity contribution in [1.29, 1.82) is 5.26 Å². The van der Waals surface area contributed by atoms with E-state index in [0.29, 0.717) is 22.3 Å². The van der Waals surface area contributed by atoms with Gasteiger partial charge in [-0.25, -0.2) is 4.98 Å². The molecule has 0 spiro atoms. The van der Waals surface area contributed by atoms with Crippen molar-refractivity contribution in [1.82, 2.24) is 4.98 Å². The zero-order valence-electron chi connectivity index (χ0n) is 8.58. The van der Waals surface area contributed by atoms with Crippen molar-refractivity contribution in [2.75, 3.05) is 11.9 Å². The lowest BCUT2D eigenvalue weighted by Gasteiger charge is -2.17. The van der Waals surface area contributed by atoms with Gasteiger partial charge in [-0.1, -0.05) is 11.6 Å². The predicted octanol–water partition coefficient (Wildman–Crippen LogP) is 2.99. The number of nitrogens with one attached hydrogen (secondary N) is 1. The van der Waals surface area contributed by atoms with Gasteiger partial charge in [0.05, 0.1) is 16.5 Å². The fraction of sp³-hybridized carbons (Fsp3) is 0.400. The Bertz CT molecular complexity index is 398. The maximum atomic E-state index is 8.84. The van der Waals surface area contributed by atoms with E-state index in [9.17, 15) is 0 Å². The maximum absolute atomic E-state index is 8.84. The summed E-state index contributed by atoms with van der Waals surface area (Å²) in [5, 5.41) is 12.3. The van der Waals surface area contributed by atoms with Crippen LogP contribution in [0.2, 0.25) is 5.02 Å². The highest BCUT2D eigenvalue weighted by Gasteiger charge is 2.17. The van der Waals surface area contributed by atoms with Gasteiger partial charge in [-0.05, 0) is 19.9 Å². The first-order chi connectivity index (χ1) is 6.96. The van der Waals surface area contributed by atoms with E-state index in [-0.39, 0.29) is 0 Å². The number of nitriles is 1. The van der Waals surface area contributed by atoms with Crippen LogP contribution in [0.1, 0.15) is 13.8 Å². The van der Waals surface area contributed by atoms with Gasteiger partial charge < -0.3 is 5.32 Å². The third kappa shape index (κ3) is 3.29. The molecule has 0 aromatic carbocycles. The van der Waals surface area contributed by atoms with Crippen LogP contribution in [-0.4, -0.2) is 11.5 Å². The number of nitrogens with zero attached hydrogens (tertiary/aromatic N) is 2. The monoisotopic (exact) mass is 241 g/mol. The van der Waals surface area contributed by atoms with Gasteiger partial charge in [0.15, 0.2) is 0 Å². The molecule has 5 heteroatoms. The van der Waals surface area contributed by atoms with Crippen LogP contribution >= 0.6 is 24.2 Å². The van der Waals surface area contributed by atoms with Crippen LogP contribution in [0.5, 0.6) is 0 Å². The van der Waals surface area contributed by atoms with Crippen molar-refractivity contribution < 1.29 is 0 Å². The lowest BCUT2D eigenvalue weighted by molar-refractivity contribution is 0.528. The second-order valence-electron chi connectivity index (χ2n) is 3.84. The predicted molar refractivity (Wildman–Crippen MR) is 64.4 cm³/mol. The van der Waals surface area contributed by atoms with E-state index in [0.717, 1.165) is 0 Å². The highest BCUT2D eigenvalue weighted by Crippen LogP contribution is 2.27. The molecule has 0 radical (unpaired) electrons. The molecule has 1 aromatic heterocycles.